The maximum absolute atomic E-state index is 5.19. The average molecular weight is 507 g/mol. The van der Waals surface area contributed by atoms with Crippen LogP contribution in [0, 0.1) is 6.92 Å². The summed E-state index contributed by atoms with van der Waals surface area (Å²) in [6, 6.07) is 16.4. The Hall–Kier alpha value is -3.53. The molecule has 0 aliphatic carbocycles. The zero-order valence-corrected chi connectivity index (χ0v) is 23.8. The van der Waals surface area contributed by atoms with E-state index in [2.05, 4.69) is 111 Å². The van der Waals surface area contributed by atoms with Crippen molar-refractivity contribution in [3.05, 3.63) is 101 Å². The minimum absolute atomic E-state index is 0.677. The number of aryl methyl sites for hydroxylation is 2. The topological polar surface area (TPSA) is 22.1 Å². The quantitative estimate of drug-likeness (QED) is 0.406. The lowest BCUT2D eigenvalue weighted by molar-refractivity contribution is 0.252. The number of aliphatic imine (C=N–C) groups is 1. The largest absolute Gasteiger partial charge is 0.374 e. The molecule has 2 aromatic rings. The minimum Gasteiger partial charge on any atom is -0.374 e. The van der Waals surface area contributed by atoms with Gasteiger partial charge in [0.05, 0.1) is 0 Å². The van der Waals surface area contributed by atoms with Gasteiger partial charge in [-0.15, -0.1) is 0 Å². The van der Waals surface area contributed by atoms with Gasteiger partial charge in [0, 0.05) is 61.0 Å². The summed E-state index contributed by atoms with van der Waals surface area (Å²) in [4.78, 5) is 12.5. The van der Waals surface area contributed by atoms with E-state index in [1.165, 1.54) is 65.0 Å². The molecule has 3 heterocycles. The highest BCUT2D eigenvalue weighted by Crippen LogP contribution is 2.37. The summed E-state index contributed by atoms with van der Waals surface area (Å²) in [6.45, 7) is 16.3. The molecule has 0 radical (unpaired) electrons. The molecular weight excluding hydrogens is 464 g/mol. The third kappa shape index (κ3) is 4.97. The van der Waals surface area contributed by atoms with E-state index in [0.29, 0.717) is 6.04 Å². The van der Waals surface area contributed by atoms with Crippen molar-refractivity contribution >= 4 is 22.5 Å². The van der Waals surface area contributed by atoms with E-state index in [0.717, 1.165) is 36.6 Å². The Balaban J connectivity index is 1.48. The van der Waals surface area contributed by atoms with E-state index in [-0.39, 0.29) is 0 Å². The number of hydrogen-bond acceptors (Lipinski definition) is 4. The van der Waals surface area contributed by atoms with Gasteiger partial charge in [0.1, 0.15) is 5.82 Å². The first-order valence-corrected chi connectivity index (χ1v) is 14.2. The van der Waals surface area contributed by atoms with Gasteiger partial charge in [-0.3, -0.25) is 0 Å². The Morgan fingerprint density at radius 3 is 2.50 bits per heavy atom. The predicted octanol–water partition coefficient (Wildman–Crippen LogP) is 7.44. The molecule has 0 N–H and O–H groups in total. The molecule has 0 atom stereocenters. The van der Waals surface area contributed by atoms with Crippen molar-refractivity contribution in [3.63, 3.8) is 0 Å². The lowest BCUT2D eigenvalue weighted by Gasteiger charge is -2.38. The Kier molecular flexibility index (Phi) is 7.60. The van der Waals surface area contributed by atoms with Crippen LogP contribution in [0.4, 0.5) is 5.69 Å². The highest BCUT2D eigenvalue weighted by molar-refractivity contribution is 6.24. The van der Waals surface area contributed by atoms with Crippen molar-refractivity contribution in [1.82, 2.24) is 9.80 Å². The molecule has 3 aliphatic rings. The summed E-state index contributed by atoms with van der Waals surface area (Å²) >= 11 is 0. The number of anilines is 1. The third-order valence-electron chi connectivity index (χ3n) is 8.48. The van der Waals surface area contributed by atoms with Crippen LogP contribution in [0.2, 0.25) is 0 Å². The Labute approximate surface area is 229 Å². The Morgan fingerprint density at radius 1 is 1.05 bits per heavy atom. The summed E-state index contributed by atoms with van der Waals surface area (Å²) in [5, 5.41) is 0. The number of piperidine rings is 1. The molecule has 3 aliphatic heterocycles. The van der Waals surface area contributed by atoms with Crippen molar-refractivity contribution in [3.8, 4) is 0 Å². The van der Waals surface area contributed by atoms with Crippen LogP contribution in [0.25, 0.3) is 11.1 Å². The monoisotopic (exact) mass is 506 g/mol. The second-order valence-corrected chi connectivity index (χ2v) is 10.9. The molecule has 0 spiro atoms. The summed E-state index contributed by atoms with van der Waals surface area (Å²) in [5.41, 5.74) is 10.9. The maximum Gasteiger partial charge on any atom is 0.140 e. The van der Waals surface area contributed by atoms with E-state index in [1.54, 1.807) is 0 Å². The SMILES string of the molecule is C=C/C(=C1/N=C(C)C(c2cccc(C)c2)=C(C)N1C)c1cc(N2CCC(N3C=CCC3)CC2)ccc1CC. The van der Waals surface area contributed by atoms with Gasteiger partial charge in [0.2, 0.25) is 0 Å². The van der Waals surface area contributed by atoms with Crippen LogP contribution >= 0.6 is 0 Å². The molecule has 5 rings (SSSR count). The molecule has 0 unspecified atom stereocenters. The fourth-order valence-electron chi connectivity index (χ4n) is 6.25. The normalized spacial score (nSPS) is 19.8. The zero-order chi connectivity index (χ0) is 26.8. The summed E-state index contributed by atoms with van der Waals surface area (Å²) in [6.07, 6.45) is 11.2. The van der Waals surface area contributed by atoms with Crippen LogP contribution in [0.5, 0.6) is 0 Å². The number of rotatable bonds is 6. The van der Waals surface area contributed by atoms with E-state index < -0.39 is 0 Å². The van der Waals surface area contributed by atoms with Gasteiger partial charge in [-0.1, -0.05) is 61.5 Å². The zero-order valence-electron chi connectivity index (χ0n) is 23.8. The van der Waals surface area contributed by atoms with Crippen molar-refractivity contribution in [2.24, 2.45) is 4.99 Å². The van der Waals surface area contributed by atoms with Gasteiger partial charge in [-0.25, -0.2) is 4.99 Å². The Bertz CT molecular complexity index is 1330. The third-order valence-corrected chi connectivity index (χ3v) is 8.48. The molecular formula is C34H42N4. The van der Waals surface area contributed by atoms with Crippen LogP contribution in [-0.2, 0) is 6.42 Å². The van der Waals surface area contributed by atoms with Gasteiger partial charge >= 0.3 is 0 Å². The predicted molar refractivity (Wildman–Crippen MR) is 163 cm³/mol. The van der Waals surface area contributed by atoms with Crippen molar-refractivity contribution in [2.45, 2.75) is 59.4 Å². The molecule has 0 aromatic heterocycles. The average Bonchev–Trinajstić information content (AvgIpc) is 3.47. The summed E-state index contributed by atoms with van der Waals surface area (Å²) in [7, 11) is 2.13. The molecule has 38 heavy (non-hydrogen) atoms. The van der Waals surface area contributed by atoms with E-state index >= 15 is 0 Å². The highest BCUT2D eigenvalue weighted by atomic mass is 15.2. The maximum atomic E-state index is 5.19. The molecule has 2 aromatic carbocycles. The lowest BCUT2D eigenvalue weighted by Crippen LogP contribution is -2.42. The van der Waals surface area contributed by atoms with Crippen molar-refractivity contribution in [2.75, 3.05) is 31.6 Å². The standard InChI is InChI=1S/C34H42N4/c1-7-27-14-15-30(38-20-16-29(17-21-38)37-18-9-10-19-37)23-32(27)31(8-2)34-35-25(4)33(26(5)36(34)6)28-13-11-12-24(3)22-28/h8-9,11-15,18,22-23,29H,2,7,10,16-17,19-21H2,1,3-6H3/b34-31+. The summed E-state index contributed by atoms with van der Waals surface area (Å²) in [5.74, 6) is 0.970. The molecule has 4 nitrogen and oxygen atoms in total. The first-order chi connectivity index (χ1) is 18.4. The van der Waals surface area contributed by atoms with Crippen molar-refractivity contribution < 1.29 is 0 Å². The number of allylic oxidation sites excluding steroid dienone is 4. The first-order valence-electron chi connectivity index (χ1n) is 14.2. The second kappa shape index (κ2) is 11.1. The molecule has 0 saturated carbocycles. The van der Waals surface area contributed by atoms with Gasteiger partial charge in [-0.05, 0) is 81.5 Å². The van der Waals surface area contributed by atoms with Crippen LogP contribution in [0.3, 0.4) is 0 Å². The second-order valence-electron chi connectivity index (χ2n) is 10.9. The summed E-state index contributed by atoms with van der Waals surface area (Å²) < 4.78 is 0. The van der Waals surface area contributed by atoms with E-state index in [4.69, 9.17) is 4.99 Å². The number of hydrogen-bond donors (Lipinski definition) is 0. The highest BCUT2D eigenvalue weighted by Gasteiger charge is 2.26. The molecule has 4 heteroatoms. The van der Waals surface area contributed by atoms with Gasteiger partial charge < -0.3 is 14.7 Å². The van der Waals surface area contributed by atoms with Crippen LogP contribution in [0.15, 0.2) is 83.9 Å². The fraction of sp³-hybridized carbons (Fsp3) is 0.382. The number of benzene rings is 2. The lowest BCUT2D eigenvalue weighted by atomic mass is 9.93. The van der Waals surface area contributed by atoms with E-state index in [1.807, 2.05) is 6.08 Å². The van der Waals surface area contributed by atoms with Crippen LogP contribution < -0.4 is 4.90 Å². The smallest absolute Gasteiger partial charge is 0.140 e. The molecule has 198 valence electrons. The van der Waals surface area contributed by atoms with Gasteiger partial charge in [-0.2, -0.15) is 0 Å². The molecule has 0 amide bonds. The van der Waals surface area contributed by atoms with Crippen LogP contribution in [0.1, 0.15) is 62.3 Å². The minimum atomic E-state index is 0.677. The molecule has 1 saturated heterocycles. The molecule has 0 bridgehead atoms. The first kappa shape index (κ1) is 26.1. The van der Waals surface area contributed by atoms with Gasteiger partial charge in [0.25, 0.3) is 0 Å². The number of nitrogens with zero attached hydrogens (tertiary/aromatic N) is 4. The van der Waals surface area contributed by atoms with Crippen molar-refractivity contribution in [1.29, 1.82) is 0 Å². The van der Waals surface area contributed by atoms with Crippen LogP contribution in [-0.4, -0.2) is 48.2 Å². The van der Waals surface area contributed by atoms with E-state index in [9.17, 15) is 0 Å². The van der Waals surface area contributed by atoms with Gasteiger partial charge in [0.15, 0.2) is 0 Å². The Morgan fingerprint density at radius 2 is 1.84 bits per heavy atom. The molecule has 1 fully saturated rings. The fourth-order valence-corrected chi connectivity index (χ4v) is 6.25.